The molecule has 2 fully saturated rings. The average molecular weight is 570 g/mol. The molecule has 2 N–H and O–H groups in total. The average Bonchev–Trinajstić information content (AvgIpc) is 3.34. The summed E-state index contributed by atoms with van der Waals surface area (Å²) in [5.74, 6) is 1.14. The molecule has 198 valence electrons. The number of amides is 1. The Balaban J connectivity index is 1.56. The summed E-state index contributed by atoms with van der Waals surface area (Å²) in [6.07, 6.45) is 2.40. The Labute approximate surface area is 227 Å². The van der Waals surface area contributed by atoms with Gasteiger partial charge in [-0.3, -0.25) is 9.69 Å². The molecule has 35 heavy (non-hydrogen) atoms. The molecule has 1 atom stereocenters. The predicted octanol–water partition coefficient (Wildman–Crippen LogP) is 2.57. The Morgan fingerprint density at radius 3 is 2.37 bits per heavy atom. The number of aliphatic hydroxyl groups is 2. The van der Waals surface area contributed by atoms with Crippen molar-refractivity contribution < 1.29 is 19.7 Å². The van der Waals surface area contributed by atoms with E-state index >= 15 is 0 Å². The minimum absolute atomic E-state index is 0.0701. The van der Waals surface area contributed by atoms with Crippen LogP contribution in [0.3, 0.4) is 0 Å². The minimum Gasteiger partial charge on any atom is -0.482 e. The van der Waals surface area contributed by atoms with Gasteiger partial charge in [-0.2, -0.15) is 0 Å². The van der Waals surface area contributed by atoms with Crippen LogP contribution in [0.25, 0.3) is 0 Å². The van der Waals surface area contributed by atoms with Gasteiger partial charge in [0.15, 0.2) is 6.61 Å². The molecule has 0 radical (unpaired) electrons. The summed E-state index contributed by atoms with van der Waals surface area (Å²) in [5, 5.41) is 19.4. The van der Waals surface area contributed by atoms with Crippen LogP contribution in [0.1, 0.15) is 12.8 Å². The van der Waals surface area contributed by atoms with E-state index in [1.807, 2.05) is 4.90 Å². The van der Waals surface area contributed by atoms with Crippen LogP contribution in [-0.4, -0.2) is 126 Å². The Kier molecular flexibility index (Phi) is 12.5. The van der Waals surface area contributed by atoms with E-state index in [4.69, 9.17) is 39.5 Å². The summed E-state index contributed by atoms with van der Waals surface area (Å²) in [7, 11) is 0. The summed E-state index contributed by atoms with van der Waals surface area (Å²) in [4.78, 5) is 19.6. The number of carbonyl (C=O) groups excluding carboxylic acids is 1. The monoisotopic (exact) mass is 568 g/mol. The normalized spacial score (nSPS) is 19.6. The van der Waals surface area contributed by atoms with Crippen molar-refractivity contribution >= 4 is 52.7 Å². The van der Waals surface area contributed by atoms with E-state index in [2.05, 4.69) is 14.1 Å². The van der Waals surface area contributed by atoms with Gasteiger partial charge < -0.3 is 24.7 Å². The fourth-order valence-corrected chi connectivity index (χ4v) is 6.12. The first-order chi connectivity index (χ1) is 16.9. The zero-order valence-electron chi connectivity index (χ0n) is 19.9. The van der Waals surface area contributed by atoms with Crippen molar-refractivity contribution in [2.75, 3.05) is 84.5 Å². The highest BCUT2D eigenvalue weighted by molar-refractivity contribution is 7.97. The second kappa shape index (κ2) is 15.1. The van der Waals surface area contributed by atoms with Crippen molar-refractivity contribution in [2.45, 2.75) is 18.9 Å². The van der Waals surface area contributed by atoms with E-state index in [0.29, 0.717) is 40.5 Å². The van der Waals surface area contributed by atoms with Gasteiger partial charge >= 0.3 is 0 Å². The molecule has 2 aliphatic rings. The standard InChI is InChI=1S/C23H35Cl3N4O4S/c24-19-13-21(26)22(14-20(19)25)34-17-23(33)30-6-5-29(16-18(30)15-28-3-1-2-4-28)35-12-9-27(7-10-31)8-11-32/h13-14,18,31-32H,1-12,15-17H2/t18-/m0/s1. The topological polar surface area (TPSA) is 79.7 Å². The van der Waals surface area contributed by atoms with Crippen LogP contribution in [0.5, 0.6) is 5.75 Å². The number of piperazine rings is 1. The molecule has 0 saturated carbocycles. The summed E-state index contributed by atoms with van der Waals surface area (Å²) >= 11 is 20.0. The van der Waals surface area contributed by atoms with Crippen LogP contribution in [0.2, 0.25) is 15.1 Å². The number of ether oxygens (including phenoxy) is 1. The zero-order chi connectivity index (χ0) is 25.2. The third-order valence-electron chi connectivity index (χ3n) is 6.27. The van der Waals surface area contributed by atoms with Crippen LogP contribution >= 0.6 is 46.8 Å². The predicted molar refractivity (Wildman–Crippen MR) is 143 cm³/mol. The van der Waals surface area contributed by atoms with Crippen LogP contribution in [-0.2, 0) is 4.79 Å². The lowest BCUT2D eigenvalue weighted by molar-refractivity contribution is -0.137. The Bertz CT molecular complexity index is 813. The lowest BCUT2D eigenvalue weighted by atomic mass is 10.1. The van der Waals surface area contributed by atoms with Gasteiger partial charge in [-0.15, -0.1) is 0 Å². The molecule has 0 bridgehead atoms. The SMILES string of the molecule is O=C(COc1cc(Cl)c(Cl)cc1Cl)N1CCN(SCCN(CCO)CCO)C[C@@H]1CN1CCCC1. The van der Waals surface area contributed by atoms with Crippen molar-refractivity contribution in [2.24, 2.45) is 0 Å². The number of likely N-dealkylation sites (tertiary alicyclic amines) is 1. The smallest absolute Gasteiger partial charge is 0.260 e. The van der Waals surface area contributed by atoms with E-state index in [0.717, 1.165) is 45.0 Å². The third-order valence-corrected chi connectivity index (χ3v) is 8.35. The molecule has 12 heteroatoms. The molecule has 2 saturated heterocycles. The highest BCUT2D eigenvalue weighted by Crippen LogP contribution is 2.34. The first-order valence-corrected chi connectivity index (χ1v) is 14.1. The van der Waals surface area contributed by atoms with Crippen molar-refractivity contribution in [3.8, 4) is 5.75 Å². The summed E-state index contributed by atoms with van der Waals surface area (Å²) in [5.41, 5.74) is 0. The Morgan fingerprint density at radius 2 is 1.69 bits per heavy atom. The maximum atomic E-state index is 13.2. The van der Waals surface area contributed by atoms with Crippen LogP contribution in [0.15, 0.2) is 12.1 Å². The van der Waals surface area contributed by atoms with Gasteiger partial charge in [0.2, 0.25) is 0 Å². The number of carbonyl (C=O) groups is 1. The molecule has 3 rings (SSSR count). The van der Waals surface area contributed by atoms with Gasteiger partial charge in [-0.05, 0) is 32.0 Å². The van der Waals surface area contributed by atoms with Crippen LogP contribution in [0, 0.1) is 0 Å². The summed E-state index contributed by atoms with van der Waals surface area (Å²) in [6, 6.07) is 3.12. The lowest BCUT2D eigenvalue weighted by Crippen LogP contribution is -2.58. The van der Waals surface area contributed by atoms with E-state index in [-0.39, 0.29) is 31.8 Å². The number of hydrogen-bond donors (Lipinski definition) is 2. The highest BCUT2D eigenvalue weighted by Gasteiger charge is 2.33. The number of hydrogen-bond acceptors (Lipinski definition) is 8. The molecule has 0 unspecified atom stereocenters. The number of benzene rings is 1. The van der Waals surface area contributed by atoms with Gasteiger partial charge in [0.25, 0.3) is 5.91 Å². The van der Waals surface area contributed by atoms with Crippen molar-refractivity contribution in [3.63, 3.8) is 0 Å². The van der Waals surface area contributed by atoms with E-state index in [1.54, 1.807) is 11.9 Å². The Morgan fingerprint density at radius 1 is 1.00 bits per heavy atom. The minimum atomic E-state index is -0.112. The first kappa shape index (κ1) is 29.1. The molecule has 1 aromatic rings. The fourth-order valence-electron chi connectivity index (χ4n) is 4.45. The summed E-state index contributed by atoms with van der Waals surface area (Å²) in [6.45, 7) is 7.11. The van der Waals surface area contributed by atoms with Crippen molar-refractivity contribution in [3.05, 3.63) is 27.2 Å². The third kappa shape index (κ3) is 9.09. The molecule has 0 aliphatic carbocycles. The number of nitrogens with zero attached hydrogens (tertiary/aromatic N) is 4. The molecular formula is C23H35Cl3N4O4S. The Hall–Kier alpha value is -0.490. The molecule has 0 spiro atoms. The second-order valence-electron chi connectivity index (χ2n) is 8.74. The highest BCUT2D eigenvalue weighted by atomic mass is 35.5. The molecule has 0 aromatic heterocycles. The molecule has 2 aliphatic heterocycles. The molecule has 1 amide bonds. The quantitative estimate of drug-likeness (QED) is 0.277. The summed E-state index contributed by atoms with van der Waals surface area (Å²) < 4.78 is 8.06. The molecule has 1 aromatic carbocycles. The van der Waals surface area contributed by atoms with Gasteiger partial charge in [0.1, 0.15) is 5.75 Å². The maximum absolute atomic E-state index is 13.2. The number of aliphatic hydroxyl groups excluding tert-OH is 2. The molecule has 8 nitrogen and oxygen atoms in total. The van der Waals surface area contributed by atoms with Gasteiger partial charge in [0, 0.05) is 57.6 Å². The molecule has 2 heterocycles. The van der Waals surface area contributed by atoms with Crippen LogP contribution in [0.4, 0.5) is 0 Å². The zero-order valence-corrected chi connectivity index (χ0v) is 23.0. The van der Waals surface area contributed by atoms with E-state index in [9.17, 15) is 15.0 Å². The molecular weight excluding hydrogens is 535 g/mol. The van der Waals surface area contributed by atoms with E-state index in [1.165, 1.54) is 25.0 Å². The van der Waals surface area contributed by atoms with Gasteiger partial charge in [-0.25, -0.2) is 4.31 Å². The maximum Gasteiger partial charge on any atom is 0.260 e. The van der Waals surface area contributed by atoms with Crippen LogP contribution < -0.4 is 4.74 Å². The number of halogens is 3. The second-order valence-corrected chi connectivity index (χ2v) is 11.1. The van der Waals surface area contributed by atoms with Gasteiger partial charge in [-0.1, -0.05) is 46.8 Å². The van der Waals surface area contributed by atoms with E-state index < -0.39 is 0 Å². The fraction of sp³-hybridized carbons (Fsp3) is 0.696. The number of rotatable bonds is 13. The van der Waals surface area contributed by atoms with Gasteiger partial charge in [0.05, 0.1) is 34.3 Å². The lowest BCUT2D eigenvalue weighted by Gasteiger charge is -2.42. The van der Waals surface area contributed by atoms with Crippen molar-refractivity contribution in [1.82, 2.24) is 19.0 Å². The largest absolute Gasteiger partial charge is 0.482 e. The first-order valence-electron chi connectivity index (χ1n) is 12.0. The van der Waals surface area contributed by atoms with Crippen molar-refractivity contribution in [1.29, 1.82) is 0 Å².